The fraction of sp³-hybridized carbons (Fsp3) is 0.421. The van der Waals surface area contributed by atoms with Crippen LogP contribution < -0.4 is 0 Å². The van der Waals surface area contributed by atoms with Gasteiger partial charge in [0.15, 0.2) is 0 Å². The van der Waals surface area contributed by atoms with Crippen LogP contribution in [0.15, 0.2) is 24.7 Å². The molecule has 7 nitrogen and oxygen atoms in total. The van der Waals surface area contributed by atoms with Crippen molar-refractivity contribution in [1.82, 2.24) is 19.9 Å². The summed E-state index contributed by atoms with van der Waals surface area (Å²) in [5, 5.41) is 7.12. The van der Waals surface area contributed by atoms with Crippen LogP contribution in [0.2, 0.25) is 0 Å². The van der Waals surface area contributed by atoms with Gasteiger partial charge < -0.3 is 10.0 Å². The number of fused-ring (bicyclic) bond motifs is 1. The molecular formula is C19H18F4N4O3. The fourth-order valence-corrected chi connectivity index (χ4v) is 3.18. The average molecular weight is 426 g/mol. The Hall–Kier alpha value is -3.11. The molecule has 0 aromatic carbocycles. The second-order valence-electron chi connectivity index (χ2n) is 6.92. The molecule has 0 unspecified atom stereocenters. The van der Waals surface area contributed by atoms with Gasteiger partial charge in [-0.05, 0) is 30.9 Å². The van der Waals surface area contributed by atoms with Gasteiger partial charge in [0.25, 0.3) is 5.91 Å². The Balaban J connectivity index is 0.000000318. The highest BCUT2D eigenvalue weighted by molar-refractivity contribution is 5.94. The molecule has 4 rings (SSSR count). The van der Waals surface area contributed by atoms with E-state index in [0.29, 0.717) is 24.6 Å². The van der Waals surface area contributed by atoms with Crippen LogP contribution in [-0.4, -0.2) is 56.1 Å². The summed E-state index contributed by atoms with van der Waals surface area (Å²) in [6.45, 7) is 1.21. The highest BCUT2D eigenvalue weighted by Gasteiger charge is 2.38. The Bertz CT molecular complexity index is 948. The Morgan fingerprint density at radius 3 is 2.37 bits per heavy atom. The van der Waals surface area contributed by atoms with Crippen molar-refractivity contribution in [2.75, 3.05) is 13.1 Å². The highest BCUT2D eigenvalue weighted by atomic mass is 19.4. The largest absolute Gasteiger partial charge is 0.490 e. The van der Waals surface area contributed by atoms with E-state index in [-0.39, 0.29) is 5.91 Å². The summed E-state index contributed by atoms with van der Waals surface area (Å²) >= 11 is 0. The third-order valence-corrected chi connectivity index (χ3v) is 4.79. The van der Waals surface area contributed by atoms with Crippen molar-refractivity contribution < 1.29 is 32.3 Å². The monoisotopic (exact) mass is 426 g/mol. The van der Waals surface area contributed by atoms with Gasteiger partial charge in [-0.1, -0.05) is 0 Å². The molecule has 2 aliphatic rings. The van der Waals surface area contributed by atoms with Gasteiger partial charge in [-0.15, -0.1) is 0 Å². The summed E-state index contributed by atoms with van der Waals surface area (Å²) in [4.78, 5) is 35.6. The second kappa shape index (κ2) is 8.72. The molecular weight excluding hydrogens is 408 g/mol. The third-order valence-electron chi connectivity index (χ3n) is 4.79. The standard InChI is InChI=1S/C17H17FN4O.C2HF3O2/c18-15-9-12(3-6-19-15)17(23)22-7-4-13-14(5-8-22)20-10-21-16(13)11-1-2-11;3-2(4,5)1(6)7/h3,6,9-11H,1-2,4-5,7-8H2;(H,6,7). The number of carbonyl (C=O) groups excluding carboxylic acids is 1. The Morgan fingerprint density at radius 1 is 1.10 bits per heavy atom. The van der Waals surface area contributed by atoms with Crippen LogP contribution in [0.1, 0.15) is 46.1 Å². The van der Waals surface area contributed by atoms with Crippen LogP contribution in [0.25, 0.3) is 0 Å². The van der Waals surface area contributed by atoms with Crippen LogP contribution in [-0.2, 0) is 17.6 Å². The van der Waals surface area contributed by atoms with Gasteiger partial charge in [0.2, 0.25) is 5.95 Å². The van der Waals surface area contributed by atoms with Crippen molar-refractivity contribution in [2.45, 2.75) is 37.8 Å². The first kappa shape index (κ1) is 21.6. The van der Waals surface area contributed by atoms with Crippen LogP contribution in [0.5, 0.6) is 0 Å². The van der Waals surface area contributed by atoms with E-state index in [1.807, 2.05) is 0 Å². The number of aliphatic carboxylic acids is 1. The molecule has 1 N–H and O–H groups in total. The summed E-state index contributed by atoms with van der Waals surface area (Å²) < 4.78 is 45.0. The molecule has 0 bridgehead atoms. The summed E-state index contributed by atoms with van der Waals surface area (Å²) in [5.41, 5.74) is 3.78. The van der Waals surface area contributed by atoms with Crippen molar-refractivity contribution in [1.29, 1.82) is 0 Å². The first-order valence-electron chi connectivity index (χ1n) is 9.20. The van der Waals surface area contributed by atoms with Crippen molar-refractivity contribution >= 4 is 11.9 Å². The van der Waals surface area contributed by atoms with Crippen LogP contribution in [0, 0.1) is 5.95 Å². The predicted octanol–water partition coefficient (Wildman–Crippen LogP) is 2.76. The maximum Gasteiger partial charge on any atom is 0.490 e. The first-order valence-corrected chi connectivity index (χ1v) is 9.20. The number of hydrogen-bond acceptors (Lipinski definition) is 5. The molecule has 1 fully saturated rings. The van der Waals surface area contributed by atoms with E-state index in [2.05, 4.69) is 15.0 Å². The number of rotatable bonds is 2. The van der Waals surface area contributed by atoms with E-state index in [4.69, 9.17) is 9.90 Å². The van der Waals surface area contributed by atoms with Gasteiger partial charge in [-0.25, -0.2) is 19.7 Å². The fourth-order valence-electron chi connectivity index (χ4n) is 3.18. The van der Waals surface area contributed by atoms with Crippen molar-refractivity contribution in [3.63, 3.8) is 0 Å². The van der Waals surface area contributed by atoms with E-state index in [1.54, 1.807) is 17.3 Å². The maximum atomic E-state index is 13.2. The summed E-state index contributed by atoms with van der Waals surface area (Å²) in [6, 6.07) is 2.74. The Morgan fingerprint density at radius 2 is 1.77 bits per heavy atom. The zero-order chi connectivity index (χ0) is 21.9. The van der Waals surface area contributed by atoms with Crippen molar-refractivity contribution in [3.05, 3.63) is 53.1 Å². The Kier molecular flexibility index (Phi) is 6.28. The van der Waals surface area contributed by atoms with Crippen LogP contribution in [0.4, 0.5) is 17.6 Å². The number of nitrogens with zero attached hydrogens (tertiary/aromatic N) is 4. The zero-order valence-electron chi connectivity index (χ0n) is 15.7. The minimum atomic E-state index is -5.08. The van der Waals surface area contributed by atoms with Gasteiger partial charge >= 0.3 is 12.1 Å². The van der Waals surface area contributed by atoms with Gasteiger partial charge in [0, 0.05) is 48.9 Å². The lowest BCUT2D eigenvalue weighted by molar-refractivity contribution is -0.192. The molecule has 2 aromatic heterocycles. The number of carboxylic acids is 1. The smallest absolute Gasteiger partial charge is 0.475 e. The molecule has 30 heavy (non-hydrogen) atoms. The minimum Gasteiger partial charge on any atom is -0.475 e. The number of alkyl halides is 3. The van der Waals surface area contributed by atoms with Gasteiger partial charge in [0.1, 0.15) is 6.33 Å². The minimum absolute atomic E-state index is 0.153. The van der Waals surface area contributed by atoms with Crippen LogP contribution in [0.3, 0.4) is 0 Å². The molecule has 0 radical (unpaired) electrons. The van der Waals surface area contributed by atoms with Gasteiger partial charge in [-0.3, -0.25) is 4.79 Å². The molecule has 0 spiro atoms. The Labute approximate surface area is 168 Å². The quantitative estimate of drug-likeness (QED) is 0.586. The van der Waals surface area contributed by atoms with Gasteiger partial charge in [0.05, 0.1) is 5.69 Å². The number of halogens is 4. The zero-order valence-corrected chi connectivity index (χ0v) is 15.7. The first-order chi connectivity index (χ1) is 14.2. The highest BCUT2D eigenvalue weighted by Crippen LogP contribution is 2.41. The molecule has 0 atom stereocenters. The van der Waals surface area contributed by atoms with E-state index >= 15 is 0 Å². The van der Waals surface area contributed by atoms with Gasteiger partial charge in [-0.2, -0.15) is 17.6 Å². The lowest BCUT2D eigenvalue weighted by Crippen LogP contribution is -2.33. The number of amides is 1. The summed E-state index contributed by atoms with van der Waals surface area (Å²) in [7, 11) is 0. The molecule has 0 saturated heterocycles. The predicted molar refractivity (Wildman–Crippen MR) is 95.2 cm³/mol. The maximum absolute atomic E-state index is 13.2. The molecule has 1 amide bonds. The number of hydrogen-bond donors (Lipinski definition) is 1. The number of aromatic nitrogens is 3. The molecule has 3 heterocycles. The molecule has 1 aliphatic heterocycles. The second-order valence-corrected chi connectivity index (χ2v) is 6.92. The molecule has 160 valence electrons. The molecule has 2 aromatic rings. The average Bonchev–Trinajstić information content (AvgIpc) is 3.53. The lowest BCUT2D eigenvalue weighted by atomic mass is 10.0. The molecule has 1 saturated carbocycles. The van der Waals surface area contributed by atoms with E-state index in [1.165, 1.54) is 36.4 Å². The molecule has 1 aliphatic carbocycles. The number of carbonyl (C=O) groups is 2. The normalized spacial score (nSPS) is 16.1. The SMILES string of the molecule is O=C(O)C(F)(F)F.O=C(c1ccnc(F)c1)N1CCc2ncnc(C3CC3)c2CC1. The lowest BCUT2D eigenvalue weighted by Gasteiger charge is -2.20. The van der Waals surface area contributed by atoms with E-state index in [9.17, 15) is 22.4 Å². The number of pyridine rings is 1. The molecule has 11 heteroatoms. The third kappa shape index (κ3) is 5.28. The summed E-state index contributed by atoms with van der Waals surface area (Å²) in [5.74, 6) is -2.97. The van der Waals surface area contributed by atoms with E-state index in [0.717, 1.165) is 18.5 Å². The van der Waals surface area contributed by atoms with E-state index < -0.39 is 18.1 Å². The summed E-state index contributed by atoms with van der Waals surface area (Å²) in [6.07, 6.45) is 1.76. The van der Waals surface area contributed by atoms with Crippen molar-refractivity contribution in [3.8, 4) is 0 Å². The van der Waals surface area contributed by atoms with Crippen LogP contribution >= 0.6 is 0 Å². The van der Waals surface area contributed by atoms with Crippen molar-refractivity contribution in [2.24, 2.45) is 0 Å². The number of carboxylic acid groups (broad SMARTS) is 1. The topological polar surface area (TPSA) is 96.3 Å².